The van der Waals surface area contributed by atoms with Gasteiger partial charge in [0.2, 0.25) is 0 Å². The highest BCUT2D eigenvalue weighted by molar-refractivity contribution is 6.05. The zero-order valence-electron chi connectivity index (χ0n) is 22.3. The normalized spacial score (nSPS) is 15.0. The van der Waals surface area contributed by atoms with Gasteiger partial charge in [0.05, 0.1) is 5.69 Å². The monoisotopic (exact) mass is 485 g/mol. The quantitative estimate of drug-likeness (QED) is 0.313. The topological polar surface area (TPSA) is 68.3 Å². The van der Waals surface area contributed by atoms with Crippen LogP contribution in [0.5, 0.6) is 0 Å². The lowest BCUT2D eigenvalue weighted by Crippen LogP contribution is -2.23. The largest absolute Gasteiger partial charge is 0.383 e. The van der Waals surface area contributed by atoms with Crippen LogP contribution in [-0.4, -0.2) is 16.7 Å². The summed E-state index contributed by atoms with van der Waals surface area (Å²) in [5.41, 5.74) is 11.0. The molecule has 0 bridgehead atoms. The molecule has 4 nitrogen and oxygen atoms in total. The number of amidine groups is 1. The third-order valence-electron chi connectivity index (χ3n) is 6.25. The van der Waals surface area contributed by atoms with Gasteiger partial charge in [-0.3, -0.25) is 9.78 Å². The number of nitrogens with two attached hydrogens (primary N) is 1. The molecule has 1 aromatic carbocycles. The van der Waals surface area contributed by atoms with Crippen LogP contribution in [0.1, 0.15) is 99.4 Å². The molecule has 1 unspecified atom stereocenters. The minimum atomic E-state index is -3.01. The first-order valence-electron chi connectivity index (χ1n) is 12.6. The van der Waals surface area contributed by atoms with Crippen LogP contribution >= 0.6 is 0 Å². The van der Waals surface area contributed by atoms with E-state index < -0.39 is 5.92 Å². The molecule has 1 saturated carbocycles. The van der Waals surface area contributed by atoms with Crippen LogP contribution in [0.2, 0.25) is 0 Å². The smallest absolute Gasteiger partial charge is 0.286 e. The Bertz CT molecular complexity index is 1040. The van der Waals surface area contributed by atoms with Crippen molar-refractivity contribution in [1.82, 2.24) is 4.98 Å². The number of pyridine rings is 1. The van der Waals surface area contributed by atoms with Crippen molar-refractivity contribution >= 4 is 11.7 Å². The van der Waals surface area contributed by atoms with Crippen molar-refractivity contribution in [3.05, 3.63) is 64.0 Å². The Labute approximate surface area is 209 Å². The van der Waals surface area contributed by atoms with Gasteiger partial charge in [0.25, 0.3) is 11.8 Å². The lowest BCUT2D eigenvalue weighted by molar-refractivity contribution is -0.122. The number of hydrogen-bond acceptors (Lipinski definition) is 2. The summed E-state index contributed by atoms with van der Waals surface area (Å²) in [7, 11) is 0. The molecule has 1 fully saturated rings. The van der Waals surface area contributed by atoms with Gasteiger partial charge >= 0.3 is 0 Å². The molecule has 1 aliphatic carbocycles. The van der Waals surface area contributed by atoms with Gasteiger partial charge in [-0.15, -0.1) is 0 Å². The van der Waals surface area contributed by atoms with Gasteiger partial charge in [-0.05, 0) is 75.6 Å². The molecular weight excluding hydrogens is 444 g/mol. The van der Waals surface area contributed by atoms with Gasteiger partial charge in [-0.2, -0.15) is 13.8 Å². The molecule has 1 amide bonds. The fourth-order valence-electron chi connectivity index (χ4n) is 4.03. The second-order valence-corrected chi connectivity index (χ2v) is 10.3. The number of carbonyl (C=O) groups is 1. The van der Waals surface area contributed by atoms with Crippen molar-refractivity contribution in [3.63, 3.8) is 0 Å². The van der Waals surface area contributed by atoms with E-state index in [1.807, 2.05) is 6.92 Å². The number of aryl methyl sites for hydroxylation is 3. The molecule has 1 aromatic heterocycles. The molecule has 1 aliphatic rings. The van der Waals surface area contributed by atoms with Gasteiger partial charge in [0, 0.05) is 24.3 Å². The van der Waals surface area contributed by atoms with E-state index in [2.05, 4.69) is 62.8 Å². The van der Waals surface area contributed by atoms with E-state index >= 15 is 0 Å². The van der Waals surface area contributed by atoms with E-state index in [1.54, 1.807) is 0 Å². The molecule has 1 atom stereocenters. The Hall–Kier alpha value is -2.63. The van der Waals surface area contributed by atoms with Crippen molar-refractivity contribution in [1.29, 1.82) is 0 Å². The Morgan fingerprint density at radius 3 is 2.29 bits per heavy atom. The SMILES string of the molecule is CCCC(CC(C)C)C(=O)N=C(N)c1ccc(C(C)(F)F)nc1C1CC1.Cc1ccc(C)c(C)c1. The summed E-state index contributed by atoms with van der Waals surface area (Å²) in [5, 5.41) is 0. The molecule has 0 saturated heterocycles. The number of benzene rings is 1. The molecular formula is C29H41F2N3O. The molecule has 6 heteroatoms. The predicted molar refractivity (Wildman–Crippen MR) is 140 cm³/mol. The van der Waals surface area contributed by atoms with E-state index in [1.165, 1.54) is 28.8 Å². The Balaban J connectivity index is 0.000000402. The summed E-state index contributed by atoms with van der Waals surface area (Å²) in [6.07, 6.45) is 4.21. The summed E-state index contributed by atoms with van der Waals surface area (Å²) >= 11 is 0. The van der Waals surface area contributed by atoms with Crippen molar-refractivity contribution in [2.24, 2.45) is 22.6 Å². The zero-order chi connectivity index (χ0) is 26.3. The second-order valence-electron chi connectivity index (χ2n) is 10.3. The molecule has 0 spiro atoms. The zero-order valence-corrected chi connectivity index (χ0v) is 22.3. The number of rotatable bonds is 8. The number of hydrogen-bond donors (Lipinski definition) is 1. The Morgan fingerprint density at radius 1 is 1.14 bits per heavy atom. The summed E-state index contributed by atoms with van der Waals surface area (Å²) in [6, 6.07) is 9.30. The third kappa shape index (κ3) is 8.83. The maximum Gasteiger partial charge on any atom is 0.286 e. The molecule has 35 heavy (non-hydrogen) atoms. The van der Waals surface area contributed by atoms with Crippen molar-refractivity contribution in [2.45, 2.75) is 92.4 Å². The van der Waals surface area contributed by atoms with Crippen molar-refractivity contribution < 1.29 is 13.6 Å². The van der Waals surface area contributed by atoms with E-state index in [0.29, 0.717) is 17.2 Å². The summed E-state index contributed by atoms with van der Waals surface area (Å²) in [5.74, 6) is -2.80. The standard InChI is InChI=1S/C20H29F2N3O.C9H12/c1-5-6-14(11-12(2)3)19(26)25-18(23)15-9-10-16(20(4,21)22)24-17(15)13-7-8-13;1-7-4-5-8(2)9(3)6-7/h9-10,12-14H,5-8,11H2,1-4H3,(H2,23,25,26);4-6H,1-3H3. The highest BCUT2D eigenvalue weighted by Gasteiger charge is 2.33. The minimum absolute atomic E-state index is 0.0835. The number of aromatic nitrogens is 1. The molecule has 2 N–H and O–H groups in total. The fourth-order valence-corrected chi connectivity index (χ4v) is 4.03. The fraction of sp³-hybridized carbons (Fsp3) is 0.552. The van der Waals surface area contributed by atoms with Crippen LogP contribution in [0.3, 0.4) is 0 Å². The lowest BCUT2D eigenvalue weighted by Gasteiger charge is -2.16. The third-order valence-corrected chi connectivity index (χ3v) is 6.25. The Kier molecular flexibility index (Phi) is 10.1. The van der Waals surface area contributed by atoms with Crippen LogP contribution in [0.15, 0.2) is 35.3 Å². The van der Waals surface area contributed by atoms with Crippen LogP contribution < -0.4 is 5.73 Å². The highest BCUT2D eigenvalue weighted by Crippen LogP contribution is 2.41. The first-order chi connectivity index (χ1) is 16.3. The van der Waals surface area contributed by atoms with E-state index in [9.17, 15) is 13.6 Å². The number of nitrogens with zero attached hydrogens (tertiary/aromatic N) is 2. The number of alkyl halides is 2. The van der Waals surface area contributed by atoms with Crippen LogP contribution in [-0.2, 0) is 10.7 Å². The lowest BCUT2D eigenvalue weighted by atomic mass is 9.92. The van der Waals surface area contributed by atoms with Crippen LogP contribution in [0.25, 0.3) is 0 Å². The summed E-state index contributed by atoms with van der Waals surface area (Å²) in [6.45, 7) is 13.4. The van der Waals surface area contributed by atoms with Gasteiger partial charge in [-0.1, -0.05) is 51.0 Å². The highest BCUT2D eigenvalue weighted by atomic mass is 19.3. The number of amides is 1. The molecule has 0 aliphatic heterocycles. The molecule has 1 heterocycles. The average Bonchev–Trinajstić information content (AvgIpc) is 3.60. The average molecular weight is 486 g/mol. The van der Waals surface area contributed by atoms with E-state index in [4.69, 9.17) is 5.73 Å². The first kappa shape index (κ1) is 28.6. The van der Waals surface area contributed by atoms with Gasteiger partial charge < -0.3 is 5.73 Å². The number of halogens is 2. The van der Waals surface area contributed by atoms with Crippen LogP contribution in [0, 0.1) is 32.6 Å². The summed E-state index contributed by atoms with van der Waals surface area (Å²) < 4.78 is 27.2. The second kappa shape index (κ2) is 12.4. The minimum Gasteiger partial charge on any atom is -0.383 e. The van der Waals surface area contributed by atoms with Gasteiger partial charge in [0.1, 0.15) is 11.5 Å². The molecule has 0 radical (unpaired) electrons. The van der Waals surface area contributed by atoms with Crippen molar-refractivity contribution in [3.8, 4) is 0 Å². The number of aliphatic imine (C=N–C) groups is 1. The molecule has 192 valence electrons. The van der Waals surface area contributed by atoms with Gasteiger partial charge in [-0.25, -0.2) is 0 Å². The Morgan fingerprint density at radius 2 is 1.80 bits per heavy atom. The maximum atomic E-state index is 13.6. The van der Waals surface area contributed by atoms with Crippen molar-refractivity contribution in [2.75, 3.05) is 0 Å². The predicted octanol–water partition coefficient (Wildman–Crippen LogP) is 7.38. The van der Waals surface area contributed by atoms with E-state index in [0.717, 1.165) is 39.0 Å². The van der Waals surface area contributed by atoms with Crippen LogP contribution in [0.4, 0.5) is 8.78 Å². The first-order valence-corrected chi connectivity index (χ1v) is 12.6. The maximum absolute atomic E-state index is 13.6. The number of carbonyl (C=O) groups excluding carboxylic acids is 1. The van der Waals surface area contributed by atoms with Gasteiger partial charge in [0.15, 0.2) is 0 Å². The molecule has 3 rings (SSSR count). The summed E-state index contributed by atoms with van der Waals surface area (Å²) in [4.78, 5) is 20.8. The van der Waals surface area contributed by atoms with E-state index in [-0.39, 0.29) is 29.3 Å². The molecule has 2 aromatic rings.